The lowest BCUT2D eigenvalue weighted by Crippen LogP contribution is -2.45. The Bertz CT molecular complexity index is 519. The van der Waals surface area contributed by atoms with Crippen LogP contribution in [0.1, 0.15) is 13.8 Å². The maximum absolute atomic E-state index is 5.96. The predicted molar refractivity (Wildman–Crippen MR) is 94.1 cm³/mol. The maximum Gasteiger partial charge on any atom is 0.193 e. The molecule has 1 unspecified atom stereocenters. The minimum Gasteiger partial charge on any atom is -0.497 e. The van der Waals surface area contributed by atoms with Crippen molar-refractivity contribution in [3.63, 3.8) is 0 Å². The summed E-state index contributed by atoms with van der Waals surface area (Å²) >= 11 is 0. The molecule has 6 heteroatoms. The largest absolute Gasteiger partial charge is 0.497 e. The van der Waals surface area contributed by atoms with E-state index in [-0.39, 0.29) is 6.10 Å². The van der Waals surface area contributed by atoms with Crippen molar-refractivity contribution in [2.45, 2.75) is 20.0 Å². The van der Waals surface area contributed by atoms with Crippen LogP contribution in [0.3, 0.4) is 0 Å². The maximum atomic E-state index is 5.96. The number of nitrogens with two attached hydrogens (primary N) is 1. The van der Waals surface area contributed by atoms with Gasteiger partial charge in [-0.2, -0.15) is 0 Å². The Balaban J connectivity index is 1.83. The average molecular weight is 320 g/mol. The summed E-state index contributed by atoms with van der Waals surface area (Å²) < 4.78 is 11.0. The summed E-state index contributed by atoms with van der Waals surface area (Å²) in [5.74, 6) is 1.84. The van der Waals surface area contributed by atoms with Gasteiger partial charge in [-0.25, -0.2) is 0 Å². The first-order chi connectivity index (χ1) is 11.1. The van der Waals surface area contributed by atoms with E-state index in [9.17, 15) is 0 Å². The molecule has 6 nitrogen and oxygen atoms in total. The fraction of sp³-hybridized carbons (Fsp3) is 0.588. The monoisotopic (exact) mass is 320 g/mol. The summed E-state index contributed by atoms with van der Waals surface area (Å²) in [5, 5.41) is 3.08. The molecule has 0 saturated carbocycles. The minimum absolute atomic E-state index is 0.105. The highest BCUT2D eigenvalue weighted by molar-refractivity contribution is 5.92. The number of aliphatic imine (C=N–C) groups is 1. The molecular formula is C17H28N4O2. The third-order valence-corrected chi connectivity index (χ3v) is 3.65. The summed E-state index contributed by atoms with van der Waals surface area (Å²) in [6.07, 6.45) is 0.105. The van der Waals surface area contributed by atoms with Gasteiger partial charge in [0.25, 0.3) is 0 Å². The number of rotatable bonds is 6. The number of nitrogens with one attached hydrogen (secondary N) is 1. The summed E-state index contributed by atoms with van der Waals surface area (Å²) in [4.78, 5) is 6.83. The van der Waals surface area contributed by atoms with Gasteiger partial charge in [0.2, 0.25) is 0 Å². The van der Waals surface area contributed by atoms with E-state index >= 15 is 0 Å². The van der Waals surface area contributed by atoms with Crippen LogP contribution in [-0.2, 0) is 4.74 Å². The van der Waals surface area contributed by atoms with Crippen molar-refractivity contribution >= 4 is 11.6 Å². The number of morpholine rings is 1. The van der Waals surface area contributed by atoms with Gasteiger partial charge in [-0.1, -0.05) is 19.9 Å². The van der Waals surface area contributed by atoms with Crippen molar-refractivity contribution in [2.24, 2.45) is 16.6 Å². The standard InChI is InChI=1S/C17H28N4O2/c1-13(2)11-21-7-8-23-16(12-21)10-19-17(18)20-14-5-4-6-15(9-14)22-3/h4-6,9,13,16H,7-8,10-12H2,1-3H3,(H3,18,19,20). The number of guanidine groups is 1. The second-order valence-corrected chi connectivity index (χ2v) is 6.23. The molecule has 1 fully saturated rings. The Morgan fingerprint density at radius 1 is 1.52 bits per heavy atom. The van der Waals surface area contributed by atoms with E-state index in [1.807, 2.05) is 24.3 Å². The Hall–Kier alpha value is -1.79. The van der Waals surface area contributed by atoms with Crippen LogP contribution in [0.25, 0.3) is 0 Å². The van der Waals surface area contributed by atoms with E-state index in [2.05, 4.69) is 29.1 Å². The number of methoxy groups -OCH3 is 1. The molecule has 3 N–H and O–H groups in total. The molecule has 0 aliphatic carbocycles. The van der Waals surface area contributed by atoms with Gasteiger partial charge in [0.15, 0.2) is 5.96 Å². The van der Waals surface area contributed by atoms with E-state index in [1.165, 1.54) is 0 Å². The van der Waals surface area contributed by atoms with Crippen LogP contribution in [0.15, 0.2) is 29.3 Å². The van der Waals surface area contributed by atoms with Crippen molar-refractivity contribution < 1.29 is 9.47 Å². The fourth-order valence-corrected chi connectivity index (χ4v) is 2.66. The zero-order chi connectivity index (χ0) is 16.7. The predicted octanol–water partition coefficient (Wildman–Crippen LogP) is 1.78. The molecule has 0 aromatic heterocycles. The number of anilines is 1. The number of hydrogen-bond donors (Lipinski definition) is 2. The highest BCUT2D eigenvalue weighted by Crippen LogP contribution is 2.16. The highest BCUT2D eigenvalue weighted by Gasteiger charge is 2.20. The number of nitrogens with zero attached hydrogens (tertiary/aromatic N) is 2. The molecular weight excluding hydrogens is 292 g/mol. The molecule has 1 heterocycles. The highest BCUT2D eigenvalue weighted by atomic mass is 16.5. The zero-order valence-electron chi connectivity index (χ0n) is 14.3. The zero-order valence-corrected chi connectivity index (χ0v) is 14.3. The van der Waals surface area contributed by atoms with Crippen molar-refractivity contribution in [1.82, 2.24) is 4.90 Å². The molecule has 1 saturated heterocycles. The van der Waals surface area contributed by atoms with Crippen LogP contribution in [-0.4, -0.2) is 56.9 Å². The minimum atomic E-state index is 0.105. The van der Waals surface area contributed by atoms with Gasteiger partial charge < -0.3 is 20.5 Å². The second kappa shape index (κ2) is 8.74. The average Bonchev–Trinajstić information content (AvgIpc) is 2.53. The van der Waals surface area contributed by atoms with Crippen molar-refractivity contribution in [3.8, 4) is 5.75 Å². The van der Waals surface area contributed by atoms with Gasteiger partial charge in [-0.05, 0) is 18.1 Å². The molecule has 1 aliphatic rings. The molecule has 2 rings (SSSR count). The van der Waals surface area contributed by atoms with E-state index in [0.29, 0.717) is 18.4 Å². The van der Waals surface area contributed by atoms with Gasteiger partial charge in [-0.15, -0.1) is 0 Å². The van der Waals surface area contributed by atoms with Crippen LogP contribution in [0, 0.1) is 5.92 Å². The van der Waals surface area contributed by atoms with Crippen molar-refractivity contribution in [3.05, 3.63) is 24.3 Å². The third-order valence-electron chi connectivity index (χ3n) is 3.65. The van der Waals surface area contributed by atoms with Gasteiger partial charge in [0.05, 0.1) is 26.4 Å². The van der Waals surface area contributed by atoms with Crippen LogP contribution in [0.4, 0.5) is 5.69 Å². The molecule has 0 amide bonds. The Labute approximate surface area is 138 Å². The van der Waals surface area contributed by atoms with Crippen LogP contribution in [0.2, 0.25) is 0 Å². The third kappa shape index (κ3) is 6.08. The molecule has 0 bridgehead atoms. The summed E-state index contributed by atoms with van der Waals surface area (Å²) in [7, 11) is 1.64. The van der Waals surface area contributed by atoms with Gasteiger partial charge in [0, 0.05) is 31.4 Å². The van der Waals surface area contributed by atoms with Gasteiger partial charge in [0.1, 0.15) is 5.75 Å². The fourth-order valence-electron chi connectivity index (χ4n) is 2.66. The molecule has 1 aromatic rings. The lowest BCUT2D eigenvalue weighted by Gasteiger charge is -2.33. The SMILES string of the molecule is COc1cccc(NC(N)=NCC2CN(CC(C)C)CCO2)c1. The molecule has 1 aromatic carbocycles. The van der Waals surface area contributed by atoms with E-state index in [0.717, 1.165) is 37.7 Å². The lowest BCUT2D eigenvalue weighted by atomic mass is 10.2. The summed E-state index contributed by atoms with van der Waals surface area (Å²) in [6, 6.07) is 7.59. The van der Waals surface area contributed by atoms with Gasteiger partial charge >= 0.3 is 0 Å². The number of ether oxygens (including phenoxy) is 2. The van der Waals surface area contributed by atoms with E-state index in [1.54, 1.807) is 7.11 Å². The van der Waals surface area contributed by atoms with Crippen LogP contribution in [0.5, 0.6) is 5.75 Å². The van der Waals surface area contributed by atoms with Crippen molar-refractivity contribution in [1.29, 1.82) is 0 Å². The molecule has 0 radical (unpaired) electrons. The van der Waals surface area contributed by atoms with Crippen LogP contribution >= 0.6 is 0 Å². The normalized spacial score (nSPS) is 19.8. The van der Waals surface area contributed by atoms with Gasteiger partial charge in [-0.3, -0.25) is 9.89 Å². The Morgan fingerprint density at radius 2 is 2.35 bits per heavy atom. The first kappa shape index (κ1) is 17.6. The van der Waals surface area contributed by atoms with E-state index in [4.69, 9.17) is 15.2 Å². The molecule has 23 heavy (non-hydrogen) atoms. The van der Waals surface area contributed by atoms with Crippen LogP contribution < -0.4 is 15.8 Å². The Kier molecular flexibility index (Phi) is 6.67. The lowest BCUT2D eigenvalue weighted by molar-refractivity contribution is -0.0261. The topological polar surface area (TPSA) is 72.1 Å². The molecule has 1 aliphatic heterocycles. The number of hydrogen-bond acceptors (Lipinski definition) is 4. The first-order valence-electron chi connectivity index (χ1n) is 8.11. The van der Waals surface area contributed by atoms with Crippen molar-refractivity contribution in [2.75, 3.05) is 45.2 Å². The summed E-state index contributed by atoms with van der Waals surface area (Å²) in [5.41, 5.74) is 6.82. The van der Waals surface area contributed by atoms with E-state index < -0.39 is 0 Å². The Morgan fingerprint density at radius 3 is 3.09 bits per heavy atom. The summed E-state index contributed by atoms with van der Waals surface area (Å²) in [6.45, 7) is 8.80. The molecule has 1 atom stereocenters. The quantitative estimate of drug-likeness (QED) is 0.617. The molecule has 0 spiro atoms. The first-order valence-corrected chi connectivity index (χ1v) is 8.11. The molecule has 128 valence electrons. The smallest absolute Gasteiger partial charge is 0.193 e. The second-order valence-electron chi connectivity index (χ2n) is 6.23. The number of benzene rings is 1.